The Labute approximate surface area is 190 Å². The van der Waals surface area contributed by atoms with E-state index in [0.717, 1.165) is 22.0 Å². The highest BCUT2D eigenvalue weighted by molar-refractivity contribution is 5.79. The molecule has 2 aromatic carbocycles. The lowest BCUT2D eigenvalue weighted by Crippen LogP contribution is -2.30. The largest absolute Gasteiger partial charge is 0.449 e. The number of alkyl carbamates (subject to hydrolysis) is 1. The maximum absolute atomic E-state index is 12.3. The van der Waals surface area contributed by atoms with Gasteiger partial charge in [-0.1, -0.05) is 48.5 Å². The predicted octanol–water partition coefficient (Wildman–Crippen LogP) is 3.28. The molecule has 2 aromatic heterocycles. The number of hydrogen-bond acceptors (Lipinski definition) is 6. The minimum absolute atomic E-state index is 0.0144. The number of aliphatic hydroxyl groups is 2. The zero-order chi connectivity index (χ0) is 22.8. The molecule has 0 bridgehead atoms. The van der Waals surface area contributed by atoms with Crippen LogP contribution in [0.3, 0.4) is 0 Å². The van der Waals surface area contributed by atoms with Gasteiger partial charge in [-0.05, 0) is 34.7 Å². The number of rotatable bonds is 7. The SMILES string of the molecule is O=C(NCCC(O)C(O)c1cc2cn[nH]c2cn1)OCC1c2ccccc2-c2ccccc21. The average molecular weight is 444 g/mol. The fraction of sp³-hybridized carbons (Fsp3) is 0.240. The Balaban J connectivity index is 1.13. The number of nitrogens with zero attached hydrogens (tertiary/aromatic N) is 2. The lowest BCUT2D eigenvalue weighted by molar-refractivity contribution is 0.0113. The van der Waals surface area contributed by atoms with E-state index < -0.39 is 18.3 Å². The Morgan fingerprint density at radius 2 is 1.76 bits per heavy atom. The van der Waals surface area contributed by atoms with Crippen LogP contribution in [0.15, 0.2) is 67.0 Å². The summed E-state index contributed by atoms with van der Waals surface area (Å²) in [6.07, 6.45) is 0.512. The highest BCUT2D eigenvalue weighted by atomic mass is 16.5. The number of ether oxygens (including phenoxy) is 1. The van der Waals surface area contributed by atoms with Crippen LogP contribution in [0.25, 0.3) is 22.0 Å². The summed E-state index contributed by atoms with van der Waals surface area (Å²) in [6.45, 7) is 0.378. The first-order chi connectivity index (χ1) is 16.1. The fourth-order valence-electron chi connectivity index (χ4n) is 4.35. The van der Waals surface area contributed by atoms with Crippen LogP contribution in [0.2, 0.25) is 0 Å². The number of pyridine rings is 1. The number of aromatic nitrogens is 3. The first-order valence-corrected chi connectivity index (χ1v) is 10.9. The standard InChI is InChI=1S/C25H24N4O4/c30-23(24(31)21-11-15-12-28-29-22(15)13-27-21)9-10-26-25(32)33-14-20-18-7-3-1-5-16(18)17-6-2-4-8-19(17)20/h1-8,11-13,20,23-24,30-31H,9-10,14H2,(H,26,32)(H,28,29). The van der Waals surface area contributed by atoms with Gasteiger partial charge in [0, 0.05) is 17.8 Å². The van der Waals surface area contributed by atoms with Gasteiger partial charge in [-0.15, -0.1) is 0 Å². The molecule has 0 saturated carbocycles. The first-order valence-electron chi connectivity index (χ1n) is 10.9. The van der Waals surface area contributed by atoms with Gasteiger partial charge in [0.25, 0.3) is 0 Å². The van der Waals surface area contributed by atoms with Crippen molar-refractivity contribution in [1.29, 1.82) is 0 Å². The van der Waals surface area contributed by atoms with Gasteiger partial charge in [0.2, 0.25) is 0 Å². The van der Waals surface area contributed by atoms with Crippen LogP contribution < -0.4 is 5.32 Å². The maximum Gasteiger partial charge on any atom is 0.407 e. The number of amides is 1. The van der Waals surface area contributed by atoms with Crippen molar-refractivity contribution in [1.82, 2.24) is 20.5 Å². The van der Waals surface area contributed by atoms with E-state index in [1.807, 2.05) is 24.3 Å². The molecular weight excluding hydrogens is 420 g/mol. The lowest BCUT2D eigenvalue weighted by Gasteiger charge is -2.18. The summed E-state index contributed by atoms with van der Waals surface area (Å²) in [5.74, 6) is -0.0144. The van der Waals surface area contributed by atoms with Gasteiger partial charge in [0.15, 0.2) is 0 Å². The summed E-state index contributed by atoms with van der Waals surface area (Å²) in [5, 5.41) is 30.9. The number of carbonyl (C=O) groups excluding carboxylic acids is 1. The molecule has 168 valence electrons. The molecule has 0 saturated heterocycles. The summed E-state index contributed by atoms with van der Waals surface area (Å²) >= 11 is 0. The number of aliphatic hydroxyl groups excluding tert-OH is 2. The molecule has 2 atom stereocenters. The Kier molecular flexibility index (Phi) is 5.77. The molecule has 2 heterocycles. The maximum atomic E-state index is 12.3. The van der Waals surface area contributed by atoms with E-state index in [2.05, 4.69) is 44.8 Å². The van der Waals surface area contributed by atoms with Crippen LogP contribution in [0.5, 0.6) is 0 Å². The molecule has 0 spiro atoms. The summed E-state index contributed by atoms with van der Waals surface area (Å²) in [6, 6.07) is 18.0. The highest BCUT2D eigenvalue weighted by Gasteiger charge is 2.29. The second-order valence-corrected chi connectivity index (χ2v) is 8.12. The monoisotopic (exact) mass is 444 g/mol. The van der Waals surface area contributed by atoms with Crippen LogP contribution in [0, 0.1) is 0 Å². The van der Waals surface area contributed by atoms with E-state index in [1.165, 1.54) is 11.1 Å². The van der Waals surface area contributed by atoms with E-state index in [9.17, 15) is 15.0 Å². The molecule has 8 heteroatoms. The molecule has 8 nitrogen and oxygen atoms in total. The molecule has 0 aliphatic heterocycles. The van der Waals surface area contributed by atoms with E-state index in [-0.39, 0.29) is 25.5 Å². The number of benzene rings is 2. The number of aromatic amines is 1. The first kappa shape index (κ1) is 21.1. The molecule has 4 aromatic rings. The summed E-state index contributed by atoms with van der Waals surface area (Å²) in [7, 11) is 0. The molecule has 1 aliphatic carbocycles. The van der Waals surface area contributed by atoms with Gasteiger partial charge in [-0.2, -0.15) is 5.10 Å². The number of hydrogen-bond donors (Lipinski definition) is 4. The normalized spacial score (nSPS) is 14.5. The van der Waals surface area contributed by atoms with Crippen molar-refractivity contribution in [3.8, 4) is 11.1 Å². The number of fused-ring (bicyclic) bond motifs is 4. The fourth-order valence-corrected chi connectivity index (χ4v) is 4.35. The predicted molar refractivity (Wildman–Crippen MR) is 123 cm³/mol. The van der Waals surface area contributed by atoms with E-state index in [0.29, 0.717) is 5.69 Å². The Morgan fingerprint density at radius 3 is 2.48 bits per heavy atom. The van der Waals surface area contributed by atoms with Crippen LogP contribution in [-0.2, 0) is 4.74 Å². The topological polar surface area (TPSA) is 120 Å². The smallest absolute Gasteiger partial charge is 0.407 e. The molecule has 1 aliphatic rings. The van der Waals surface area contributed by atoms with Gasteiger partial charge in [-0.25, -0.2) is 4.79 Å². The Morgan fingerprint density at radius 1 is 1.06 bits per heavy atom. The van der Waals surface area contributed by atoms with Crippen LogP contribution >= 0.6 is 0 Å². The summed E-state index contributed by atoms with van der Waals surface area (Å²) in [5.41, 5.74) is 5.72. The van der Waals surface area contributed by atoms with Crippen molar-refractivity contribution in [2.75, 3.05) is 13.2 Å². The average Bonchev–Trinajstić information content (AvgIpc) is 3.44. The van der Waals surface area contributed by atoms with Crippen molar-refractivity contribution in [2.24, 2.45) is 0 Å². The quantitative estimate of drug-likeness (QED) is 0.347. The van der Waals surface area contributed by atoms with E-state index in [4.69, 9.17) is 4.74 Å². The van der Waals surface area contributed by atoms with Crippen molar-refractivity contribution < 1.29 is 19.7 Å². The molecule has 4 N–H and O–H groups in total. The summed E-state index contributed by atoms with van der Waals surface area (Å²) < 4.78 is 5.49. The van der Waals surface area contributed by atoms with Crippen LogP contribution in [0.1, 0.15) is 35.3 Å². The van der Waals surface area contributed by atoms with Gasteiger partial charge in [0.05, 0.1) is 29.7 Å². The van der Waals surface area contributed by atoms with E-state index >= 15 is 0 Å². The molecule has 5 rings (SSSR count). The lowest BCUT2D eigenvalue weighted by atomic mass is 9.98. The van der Waals surface area contributed by atoms with E-state index in [1.54, 1.807) is 18.5 Å². The molecular formula is C25H24N4O4. The summed E-state index contributed by atoms with van der Waals surface area (Å²) in [4.78, 5) is 16.4. The molecule has 0 fully saturated rings. The Hall–Kier alpha value is -3.75. The second-order valence-electron chi connectivity index (χ2n) is 8.12. The molecule has 2 unspecified atom stereocenters. The number of H-pyrrole nitrogens is 1. The van der Waals surface area contributed by atoms with Crippen molar-refractivity contribution >= 4 is 17.0 Å². The van der Waals surface area contributed by atoms with Gasteiger partial charge in [0.1, 0.15) is 12.7 Å². The van der Waals surface area contributed by atoms with Gasteiger partial charge in [-0.3, -0.25) is 10.1 Å². The van der Waals surface area contributed by atoms with Crippen molar-refractivity contribution in [2.45, 2.75) is 24.5 Å². The second kappa shape index (κ2) is 9.01. The van der Waals surface area contributed by atoms with Crippen molar-refractivity contribution in [3.05, 3.63) is 83.8 Å². The van der Waals surface area contributed by atoms with Gasteiger partial charge >= 0.3 is 6.09 Å². The highest BCUT2D eigenvalue weighted by Crippen LogP contribution is 2.44. The zero-order valence-electron chi connectivity index (χ0n) is 17.8. The minimum atomic E-state index is -1.17. The number of carbonyl (C=O) groups is 1. The minimum Gasteiger partial charge on any atom is -0.449 e. The van der Waals surface area contributed by atoms with Crippen LogP contribution in [-0.4, -0.2) is 50.7 Å². The molecule has 1 amide bonds. The van der Waals surface area contributed by atoms with Crippen molar-refractivity contribution in [3.63, 3.8) is 0 Å². The number of nitrogens with one attached hydrogen (secondary N) is 2. The van der Waals surface area contributed by atoms with Gasteiger partial charge < -0.3 is 20.3 Å². The molecule has 33 heavy (non-hydrogen) atoms. The van der Waals surface area contributed by atoms with Crippen LogP contribution in [0.4, 0.5) is 4.79 Å². The zero-order valence-corrected chi connectivity index (χ0v) is 17.8. The third-order valence-corrected chi connectivity index (χ3v) is 6.07. The third kappa shape index (κ3) is 4.18. The Bertz CT molecular complexity index is 1240. The molecule has 0 radical (unpaired) electrons. The third-order valence-electron chi connectivity index (χ3n) is 6.07.